The van der Waals surface area contributed by atoms with E-state index in [0.29, 0.717) is 0 Å². The van der Waals surface area contributed by atoms with Gasteiger partial charge in [0.15, 0.2) is 5.78 Å². The molecule has 3 heteroatoms. The molecule has 0 bridgehead atoms. The van der Waals surface area contributed by atoms with E-state index in [2.05, 4.69) is 4.98 Å². The van der Waals surface area contributed by atoms with Crippen LogP contribution >= 0.6 is 11.3 Å². The molecule has 0 saturated heterocycles. The lowest BCUT2D eigenvalue weighted by atomic mass is 10.1. The molecule has 0 aliphatic heterocycles. The zero-order valence-electron chi connectivity index (χ0n) is 6.20. The number of ketones is 1. The molecular formula is C7H6NOS+. The van der Waals surface area contributed by atoms with E-state index in [-0.39, 0.29) is 7.21 Å². The van der Waals surface area contributed by atoms with Gasteiger partial charge in [-0.15, -0.1) is 11.3 Å². The van der Waals surface area contributed by atoms with Crippen molar-refractivity contribution in [2.24, 2.45) is 0 Å². The third-order valence-electron chi connectivity index (χ3n) is 1.45. The fourth-order valence-corrected chi connectivity index (χ4v) is 1.71. The summed E-state index contributed by atoms with van der Waals surface area (Å²) in [5, 5.41) is 0. The van der Waals surface area contributed by atoms with Gasteiger partial charge in [0.25, 0.3) is 0 Å². The number of carbonyl (C=O) groups excluding carboxylic acids is 1. The average molecular weight is 152 g/mol. The van der Waals surface area contributed by atoms with Gasteiger partial charge >= 0.3 is 1.43 Å². The predicted molar refractivity (Wildman–Crippen MR) is 40.4 cm³/mol. The van der Waals surface area contributed by atoms with E-state index >= 15 is 0 Å². The van der Waals surface area contributed by atoms with Crippen LogP contribution in [0.1, 0.15) is 16.8 Å². The summed E-state index contributed by atoms with van der Waals surface area (Å²) in [5.41, 5.74) is 2.65. The Morgan fingerprint density at radius 3 is 3.40 bits per heavy atom. The monoisotopic (exact) mass is 152 g/mol. The maximum atomic E-state index is 11.0. The molecule has 0 amide bonds. The van der Waals surface area contributed by atoms with Gasteiger partial charge in [0.05, 0.1) is 16.1 Å². The van der Waals surface area contributed by atoms with Crippen molar-refractivity contribution in [1.82, 2.24) is 4.98 Å². The number of allylic oxidation sites excluding steroid dienone is 2. The van der Waals surface area contributed by atoms with Gasteiger partial charge in [-0.25, -0.2) is 4.98 Å². The van der Waals surface area contributed by atoms with E-state index in [0.717, 1.165) is 17.0 Å². The van der Waals surface area contributed by atoms with Crippen LogP contribution < -0.4 is 0 Å². The van der Waals surface area contributed by atoms with Crippen LogP contribution in [0.2, 0.25) is 0 Å². The van der Waals surface area contributed by atoms with Crippen molar-refractivity contribution in [3.63, 3.8) is 0 Å². The molecule has 10 heavy (non-hydrogen) atoms. The van der Waals surface area contributed by atoms with E-state index in [1.54, 1.807) is 11.6 Å². The molecule has 0 radical (unpaired) electrons. The maximum absolute atomic E-state index is 11.0. The minimum atomic E-state index is 0. The summed E-state index contributed by atoms with van der Waals surface area (Å²) < 4.78 is 0. The van der Waals surface area contributed by atoms with Crippen molar-refractivity contribution in [1.29, 1.82) is 0 Å². The number of rotatable bonds is 0. The second-order valence-corrected chi connectivity index (χ2v) is 2.95. The average Bonchev–Trinajstić information content (AvgIpc) is 2.36. The van der Waals surface area contributed by atoms with Crippen LogP contribution in [0, 0.1) is 0 Å². The third-order valence-corrected chi connectivity index (χ3v) is 2.33. The van der Waals surface area contributed by atoms with Crippen LogP contribution in [0.4, 0.5) is 0 Å². The molecule has 0 spiro atoms. The Kier molecular flexibility index (Phi) is 1.17. The number of carbonyl (C=O) groups is 1. The highest BCUT2D eigenvalue weighted by atomic mass is 32.1. The van der Waals surface area contributed by atoms with Crippen molar-refractivity contribution < 1.29 is 6.22 Å². The molecule has 2 rings (SSSR count). The topological polar surface area (TPSA) is 30.0 Å². The van der Waals surface area contributed by atoms with Crippen molar-refractivity contribution >= 4 is 17.1 Å². The SMILES string of the molecule is O=C1C=CCc2ncsc21.[H+]. The normalized spacial score (nSPS) is 15.4. The molecule has 1 aliphatic rings. The number of nitrogens with zero attached hydrogens (tertiary/aromatic N) is 1. The van der Waals surface area contributed by atoms with E-state index < -0.39 is 0 Å². The summed E-state index contributed by atoms with van der Waals surface area (Å²) in [6.07, 6.45) is 4.27. The Balaban J connectivity index is 0.000000605. The van der Waals surface area contributed by atoms with Crippen LogP contribution in [-0.2, 0) is 6.42 Å². The number of hydrogen-bond donors (Lipinski definition) is 0. The van der Waals surface area contributed by atoms with E-state index in [9.17, 15) is 4.79 Å². The first kappa shape index (κ1) is 5.80. The highest BCUT2D eigenvalue weighted by molar-refractivity contribution is 7.12. The van der Waals surface area contributed by atoms with Crippen molar-refractivity contribution in [2.45, 2.75) is 6.42 Å². The Hall–Kier alpha value is -0.960. The maximum Gasteiger partial charge on any atom is 1.00 e. The Bertz CT molecular complexity index is 305. The summed E-state index contributed by atoms with van der Waals surface area (Å²) in [7, 11) is 0. The van der Waals surface area contributed by atoms with Gasteiger partial charge in [-0.05, 0) is 6.08 Å². The van der Waals surface area contributed by atoms with E-state index in [1.807, 2.05) is 6.08 Å². The van der Waals surface area contributed by atoms with Gasteiger partial charge in [0.2, 0.25) is 0 Å². The van der Waals surface area contributed by atoms with Gasteiger partial charge in [-0.2, -0.15) is 0 Å². The van der Waals surface area contributed by atoms with Crippen molar-refractivity contribution in [3.8, 4) is 0 Å². The van der Waals surface area contributed by atoms with E-state index in [4.69, 9.17) is 0 Å². The molecule has 0 saturated carbocycles. The van der Waals surface area contributed by atoms with Gasteiger partial charge in [-0.1, -0.05) is 6.08 Å². The minimum Gasteiger partial charge on any atom is -0.288 e. The fourth-order valence-electron chi connectivity index (χ4n) is 0.968. The number of fused-ring (bicyclic) bond motifs is 1. The van der Waals surface area contributed by atoms with Crippen LogP contribution in [-0.4, -0.2) is 10.8 Å². The molecule has 0 aromatic carbocycles. The first-order valence-electron chi connectivity index (χ1n) is 3.01. The van der Waals surface area contributed by atoms with Crippen molar-refractivity contribution in [3.05, 3.63) is 28.2 Å². The van der Waals surface area contributed by atoms with Gasteiger partial charge < -0.3 is 0 Å². The third kappa shape index (κ3) is 0.708. The largest absolute Gasteiger partial charge is 1.00 e. The summed E-state index contributed by atoms with van der Waals surface area (Å²) in [4.78, 5) is 15.9. The quantitative estimate of drug-likeness (QED) is 0.564. The summed E-state index contributed by atoms with van der Waals surface area (Å²) >= 11 is 1.42. The van der Waals surface area contributed by atoms with Crippen LogP contribution in [0.15, 0.2) is 17.7 Å². The Labute approximate surface area is 63.7 Å². The lowest BCUT2D eigenvalue weighted by Crippen LogP contribution is -2.01. The molecule has 2 nitrogen and oxygen atoms in total. The van der Waals surface area contributed by atoms with Crippen LogP contribution in [0.3, 0.4) is 0 Å². The summed E-state index contributed by atoms with van der Waals surface area (Å²) in [6, 6.07) is 0. The lowest BCUT2D eigenvalue weighted by molar-refractivity contribution is 0.104. The molecule has 0 atom stereocenters. The first-order valence-corrected chi connectivity index (χ1v) is 3.89. The van der Waals surface area contributed by atoms with Gasteiger partial charge in [-0.3, -0.25) is 4.79 Å². The molecule has 1 aliphatic carbocycles. The second kappa shape index (κ2) is 2.02. The van der Waals surface area contributed by atoms with Crippen LogP contribution in [0.25, 0.3) is 0 Å². The number of aromatic nitrogens is 1. The zero-order valence-corrected chi connectivity index (χ0v) is 6.02. The fraction of sp³-hybridized carbons (Fsp3) is 0.143. The molecule has 1 aromatic heterocycles. The van der Waals surface area contributed by atoms with Crippen molar-refractivity contribution in [2.75, 3.05) is 0 Å². The van der Waals surface area contributed by atoms with Crippen LogP contribution in [0.5, 0.6) is 0 Å². The Morgan fingerprint density at radius 2 is 2.60 bits per heavy atom. The lowest BCUT2D eigenvalue weighted by Gasteiger charge is -1.99. The highest BCUT2D eigenvalue weighted by Crippen LogP contribution is 2.18. The molecular weight excluding hydrogens is 146 g/mol. The smallest absolute Gasteiger partial charge is 0.288 e. The molecule has 0 fully saturated rings. The molecule has 1 aromatic rings. The molecule has 1 heterocycles. The minimum absolute atomic E-state index is 0. The van der Waals surface area contributed by atoms with Gasteiger partial charge in [0, 0.05) is 6.42 Å². The predicted octanol–water partition coefficient (Wildman–Crippen LogP) is 1.55. The molecule has 50 valence electrons. The Morgan fingerprint density at radius 1 is 1.70 bits per heavy atom. The first-order chi connectivity index (χ1) is 4.88. The van der Waals surface area contributed by atoms with Gasteiger partial charge in [0.1, 0.15) is 0 Å². The second-order valence-electron chi connectivity index (χ2n) is 2.10. The summed E-state index contributed by atoms with van der Waals surface area (Å²) in [6.45, 7) is 0. The number of thiazole rings is 1. The molecule has 0 N–H and O–H groups in total. The van der Waals surface area contributed by atoms with E-state index in [1.165, 1.54) is 11.3 Å². The summed E-state index contributed by atoms with van der Waals surface area (Å²) in [5.74, 6) is 0.101. The highest BCUT2D eigenvalue weighted by Gasteiger charge is 2.14. The standard InChI is InChI=1S/C7H5NOS/c9-6-3-1-2-5-7(6)10-4-8-5/h1,3-4H,2H2/p+1. The molecule has 0 unspecified atom stereocenters. The number of hydrogen-bond acceptors (Lipinski definition) is 3. The zero-order chi connectivity index (χ0) is 6.97.